The lowest BCUT2D eigenvalue weighted by molar-refractivity contribution is -0.0295. The van der Waals surface area contributed by atoms with Crippen LogP contribution in [0.3, 0.4) is 0 Å². The maximum Gasteiger partial charge on any atom is 0.519 e. The molecule has 1 aliphatic rings. The lowest BCUT2D eigenvalue weighted by atomic mass is 9.66. The molecule has 12 aromatic carbocycles. The summed E-state index contributed by atoms with van der Waals surface area (Å²) in [5, 5.41) is 35.0. The highest BCUT2D eigenvalue weighted by Crippen LogP contribution is 2.72. The molecule has 802 valence electrons. The summed E-state index contributed by atoms with van der Waals surface area (Å²) in [6.07, 6.45) is -3.64. The molecule has 22 heteroatoms. The van der Waals surface area contributed by atoms with Crippen LogP contribution in [0.25, 0.3) is 55.3 Å². The number of benzene rings is 12. The van der Waals surface area contributed by atoms with Crippen LogP contribution >= 0.6 is 27.2 Å². The second kappa shape index (κ2) is 46.1. The maximum atomic E-state index is 13.3. The smallest absolute Gasteiger partial charge is 0.507 e. The van der Waals surface area contributed by atoms with E-state index in [1.54, 1.807) is 62.3 Å². The van der Waals surface area contributed by atoms with Gasteiger partial charge in [-0.15, -0.1) is 0 Å². The Kier molecular flexibility index (Phi) is 36.7. The van der Waals surface area contributed by atoms with Crippen molar-refractivity contribution in [3.8, 4) is 67.9 Å². The third-order valence-electron chi connectivity index (χ3n) is 24.5. The fourth-order valence-corrected chi connectivity index (χ4v) is 21.1. The summed E-state index contributed by atoms with van der Waals surface area (Å²) in [5.74, 6) is 2.21. The molecule has 14 rings (SSSR count). The molecule has 13 aromatic rings. The van der Waals surface area contributed by atoms with E-state index in [1.807, 2.05) is 170 Å². The number of rotatable bonds is 11. The molecule has 150 heavy (non-hydrogen) atoms. The van der Waals surface area contributed by atoms with E-state index in [2.05, 4.69) is 268 Å². The van der Waals surface area contributed by atoms with Crippen molar-refractivity contribution in [3.05, 3.63) is 330 Å². The normalized spacial score (nSPS) is 13.4. The molecule has 0 bridgehead atoms. The zero-order valence-corrected chi connectivity index (χ0v) is 98.5. The van der Waals surface area contributed by atoms with E-state index in [1.165, 1.54) is 0 Å². The minimum absolute atomic E-state index is 0.169. The van der Waals surface area contributed by atoms with E-state index < -0.39 is 74.2 Å². The predicted octanol–water partition coefficient (Wildman–Crippen LogP) is 37.4. The van der Waals surface area contributed by atoms with Crippen molar-refractivity contribution < 1.29 is 89.6 Å². The molecule has 2 heterocycles. The van der Waals surface area contributed by atoms with Crippen LogP contribution in [0, 0.1) is 69.2 Å². The van der Waals surface area contributed by atoms with E-state index in [0.29, 0.717) is 39.5 Å². The Morgan fingerprint density at radius 3 is 0.740 bits per heavy atom. The topological polar surface area (TPSA) is 248 Å². The molecule has 1 aromatic heterocycles. The Morgan fingerprint density at radius 1 is 0.273 bits per heavy atom. The largest absolute Gasteiger partial charge is 0.519 e. The minimum atomic E-state index is -1.99. The number of aryl methyl sites for hydroxylation is 10. The maximum absolute atomic E-state index is 13.3. The number of ether oxygens (including phenoxy) is 7. The highest BCUT2D eigenvalue weighted by Gasteiger charge is 2.65. The number of phenols is 3. The van der Waals surface area contributed by atoms with Crippen LogP contribution < -0.4 is 14.0 Å². The van der Waals surface area contributed by atoms with Crippen LogP contribution in [0.2, 0.25) is 0 Å². The number of hydrogen-bond acceptors (Lipinski definition) is 19. The fourth-order valence-electron chi connectivity index (χ4n) is 18.1. The summed E-state index contributed by atoms with van der Waals surface area (Å²) in [7, 11) is -3.66. The molecular formula is C128H159ClO19P2. The third kappa shape index (κ3) is 29.9. The van der Waals surface area contributed by atoms with Crippen LogP contribution in [0.5, 0.6) is 34.5 Å². The van der Waals surface area contributed by atoms with Gasteiger partial charge >= 0.3 is 32.9 Å². The van der Waals surface area contributed by atoms with Gasteiger partial charge in [0.05, 0.1) is 0 Å². The van der Waals surface area contributed by atoms with Crippen LogP contribution in [-0.2, 0) is 76.4 Å². The SMILES string of the molecule is CC(C)(C)OC(=O)OC(=O)OC(C)(C)C.Cc1cc(-c2cc(C)cc(C(C)(C)C)c2O)c(O)c(C(C)(C)C)c1.Cc1cc(-c2cc(C)cc(C(C)(C)C)c2OC(=O)OC(C)(C)C)c(O)c(C(C)(C)C)c1.Cc1cc(-c2cc(C)cc(C(C)(C)C)c2Op2oc3c(C)cc(C)cc3c3cc(C)cc(C)c3o2)c(OC(=O)OC(C)(C)C)c(C(C)(C)C)c1.ClP1OC(c2ccccc2)(c2ccccc2)C(c2ccccc2)(c2ccccc2)O1. The second-order valence-electron chi connectivity index (χ2n) is 49.5. The molecule has 0 aliphatic carbocycles. The summed E-state index contributed by atoms with van der Waals surface area (Å²) in [4.78, 5) is 48.0. The molecule has 0 saturated carbocycles. The number of halogens is 1. The monoisotopic (exact) mass is 2100 g/mol. The van der Waals surface area contributed by atoms with Gasteiger partial charge in [0, 0.05) is 77.5 Å². The van der Waals surface area contributed by atoms with Gasteiger partial charge < -0.3 is 70.4 Å². The number of fused-ring (bicyclic) bond motifs is 3. The molecule has 1 aliphatic heterocycles. The van der Waals surface area contributed by atoms with Crippen LogP contribution in [0.15, 0.2) is 227 Å². The molecule has 1 saturated heterocycles. The number of aromatic hydroxyl groups is 3. The van der Waals surface area contributed by atoms with Gasteiger partial charge in [-0.05, 0) is 322 Å². The van der Waals surface area contributed by atoms with Crippen molar-refractivity contribution in [1.82, 2.24) is 0 Å². The first-order valence-corrected chi connectivity index (χ1v) is 54.3. The van der Waals surface area contributed by atoms with Gasteiger partial charge in [0.25, 0.3) is 7.73 Å². The van der Waals surface area contributed by atoms with E-state index in [0.717, 1.165) is 144 Å². The molecule has 0 radical (unpaired) electrons. The molecule has 0 atom stereocenters. The van der Waals surface area contributed by atoms with Gasteiger partial charge in [-0.25, -0.2) is 19.2 Å². The summed E-state index contributed by atoms with van der Waals surface area (Å²) in [6.45, 7) is 79.2. The van der Waals surface area contributed by atoms with Gasteiger partial charge in [0.15, 0.2) is 11.2 Å². The summed E-state index contributed by atoms with van der Waals surface area (Å²) in [5.41, 5.74) is 19.4. The average molecular weight is 2100 g/mol. The fraction of sp³-hybridized carbons (Fsp3) is 0.406. The molecule has 0 unspecified atom stereocenters. The molecule has 0 spiro atoms. The minimum Gasteiger partial charge on any atom is -0.507 e. The summed E-state index contributed by atoms with van der Waals surface area (Å²) in [6, 6.07) is 73.7. The molecule has 0 amide bonds. The Hall–Kier alpha value is -12.3. The van der Waals surface area contributed by atoms with Crippen LogP contribution in [0.1, 0.15) is 319 Å². The van der Waals surface area contributed by atoms with Crippen molar-refractivity contribution in [2.45, 2.75) is 343 Å². The highest BCUT2D eigenvalue weighted by molar-refractivity contribution is 7.76. The number of carbonyl (C=O) groups is 4. The number of hydrogen-bond donors (Lipinski definition) is 3. The van der Waals surface area contributed by atoms with Crippen molar-refractivity contribution >= 4 is 73.8 Å². The van der Waals surface area contributed by atoms with Gasteiger partial charge in [-0.1, -0.05) is 294 Å². The van der Waals surface area contributed by atoms with Gasteiger partial charge in [0.2, 0.25) is 0 Å². The second-order valence-corrected chi connectivity index (χ2v) is 52.1. The van der Waals surface area contributed by atoms with E-state index in [4.69, 9.17) is 61.6 Å². The number of phenolic OH excluding ortho intramolecular Hbond substituents is 3. The van der Waals surface area contributed by atoms with Gasteiger partial charge in [-0.3, -0.25) is 0 Å². The summed E-state index contributed by atoms with van der Waals surface area (Å²) < 4.78 is 70.9. The zero-order chi connectivity index (χ0) is 112. The van der Waals surface area contributed by atoms with E-state index >= 15 is 0 Å². The Labute approximate surface area is 898 Å². The van der Waals surface area contributed by atoms with Crippen LogP contribution in [-0.4, -0.2) is 62.3 Å². The first kappa shape index (κ1) is 120. The first-order chi connectivity index (χ1) is 69.0. The number of carbonyl (C=O) groups excluding carboxylic acids is 4. The Morgan fingerprint density at radius 2 is 0.487 bits per heavy atom. The van der Waals surface area contributed by atoms with Gasteiger partial charge in [-0.2, -0.15) is 0 Å². The van der Waals surface area contributed by atoms with E-state index in [9.17, 15) is 34.5 Å². The van der Waals surface area contributed by atoms with E-state index in [-0.39, 0.29) is 49.7 Å². The van der Waals surface area contributed by atoms with Crippen LogP contribution in [0.4, 0.5) is 19.2 Å². The standard InChI is InChI=1S/C43H53O6P.C27H38O4.C26H20ClO2P.C22H30O2.C10H18O5/c1-24-16-28(5)36-30(18-24)31-19-25(2)17-29(6)37(31)48-50(47-36)49-39-33(21-27(4)23-35(39)42(10,11)12)32-20-26(3)22-34(41(7,8)9)38(32)45-40(44)46-43(13,14)15;1-16-12-18(22(28)20(14-16)25(3,4)5)19-13-17(2)15-21(26(6,7)8)23(19)30-24(29)31-27(9,10)11;27-30-28-25(21-13-5-1-6-14-21,22-15-7-2-8-16-22)26(29-30,23-17-9-3-10-18-23)24-19-11-4-12-20-24;1-13-9-15(19(23)17(11-13)21(3,4)5)16-10-14(2)12-18(20(16)24)22(6,7)8;1-9(2,3)14-7(11)13-8(12)15-10(4,5)6/h16-23H,1-15H3;12-15,28H,1-11H3;1-20H;9-12,23-24H,1-8H3;1-6H3. The van der Waals surface area contributed by atoms with Crippen molar-refractivity contribution in [3.63, 3.8) is 0 Å². The quantitative estimate of drug-likeness (QED) is 0.0358. The third-order valence-corrected chi connectivity index (χ3v) is 26.8. The lowest BCUT2D eigenvalue weighted by Crippen LogP contribution is -2.48. The molecule has 3 N–H and O–H groups in total. The van der Waals surface area contributed by atoms with Crippen molar-refractivity contribution in [2.24, 2.45) is 0 Å². The highest BCUT2D eigenvalue weighted by atomic mass is 35.7. The Bertz CT molecular complexity index is 6760. The lowest BCUT2D eigenvalue weighted by Gasteiger charge is -2.44. The van der Waals surface area contributed by atoms with Crippen molar-refractivity contribution in [2.75, 3.05) is 0 Å². The van der Waals surface area contributed by atoms with Crippen molar-refractivity contribution in [1.29, 1.82) is 0 Å². The molecule has 19 nitrogen and oxygen atoms in total. The van der Waals surface area contributed by atoms with Gasteiger partial charge in [0.1, 0.15) is 68.1 Å². The molecular weight excluding hydrogens is 1940 g/mol. The Balaban J connectivity index is 0.000000202. The first-order valence-electron chi connectivity index (χ1n) is 51.1. The summed E-state index contributed by atoms with van der Waals surface area (Å²) >= 11 is 6.70. The average Bonchev–Trinajstić information content (AvgIpc) is 1.52. The predicted molar refractivity (Wildman–Crippen MR) is 612 cm³/mol. The molecule has 1 fully saturated rings. The zero-order valence-electron chi connectivity index (χ0n) is 95.9.